The lowest BCUT2D eigenvalue weighted by molar-refractivity contribution is 0.0999. The molecule has 94 valence electrons. The van der Waals surface area contributed by atoms with E-state index in [9.17, 15) is 0 Å². The molecule has 0 bridgehead atoms. The monoisotopic (exact) mass is 251 g/mol. The summed E-state index contributed by atoms with van der Waals surface area (Å²) in [6.45, 7) is 2.89. The van der Waals surface area contributed by atoms with E-state index in [0.29, 0.717) is 5.25 Å². The molecule has 1 aromatic rings. The van der Waals surface area contributed by atoms with Gasteiger partial charge in [0, 0.05) is 30.3 Å². The fourth-order valence-corrected chi connectivity index (χ4v) is 3.65. The molecular weight excluding hydrogens is 230 g/mol. The summed E-state index contributed by atoms with van der Waals surface area (Å²) in [4.78, 5) is 0. The first-order valence-corrected chi connectivity index (χ1v) is 7.27. The predicted octanol–water partition coefficient (Wildman–Crippen LogP) is 2.86. The summed E-state index contributed by atoms with van der Waals surface area (Å²) in [6, 6.07) is 10.8. The maximum atomic E-state index is 5.42. The van der Waals surface area contributed by atoms with E-state index in [-0.39, 0.29) is 0 Å². The van der Waals surface area contributed by atoms with Crippen LogP contribution in [0, 0.1) is 0 Å². The summed E-state index contributed by atoms with van der Waals surface area (Å²) < 4.78 is 5.42. The summed E-state index contributed by atoms with van der Waals surface area (Å²) in [6.07, 6.45) is 2.38. The van der Waals surface area contributed by atoms with Crippen molar-refractivity contribution in [3.8, 4) is 0 Å². The second kappa shape index (κ2) is 7.04. The van der Waals surface area contributed by atoms with Crippen LogP contribution < -0.4 is 5.32 Å². The van der Waals surface area contributed by atoms with Crippen molar-refractivity contribution < 1.29 is 4.74 Å². The number of hydrogen-bond acceptors (Lipinski definition) is 3. The number of ether oxygens (including phenoxy) is 1. The van der Waals surface area contributed by atoms with E-state index in [4.69, 9.17) is 4.74 Å². The Balaban J connectivity index is 1.96. The summed E-state index contributed by atoms with van der Waals surface area (Å²) in [5.74, 6) is 0. The molecule has 0 amide bonds. The molecule has 0 saturated carbocycles. The van der Waals surface area contributed by atoms with Crippen molar-refractivity contribution in [2.24, 2.45) is 0 Å². The Morgan fingerprint density at radius 3 is 2.65 bits per heavy atom. The van der Waals surface area contributed by atoms with Gasteiger partial charge in [0.1, 0.15) is 0 Å². The molecule has 1 heterocycles. The third-order valence-corrected chi connectivity index (χ3v) is 4.71. The van der Waals surface area contributed by atoms with Gasteiger partial charge in [-0.1, -0.05) is 30.3 Å². The summed E-state index contributed by atoms with van der Waals surface area (Å²) >= 11 is 2.10. The van der Waals surface area contributed by atoms with Gasteiger partial charge >= 0.3 is 0 Å². The number of rotatable bonds is 5. The van der Waals surface area contributed by atoms with Gasteiger partial charge in [0.15, 0.2) is 0 Å². The van der Waals surface area contributed by atoms with E-state index in [0.717, 1.165) is 25.0 Å². The van der Waals surface area contributed by atoms with Gasteiger partial charge in [0.05, 0.1) is 0 Å². The van der Waals surface area contributed by atoms with Crippen LogP contribution in [0.4, 0.5) is 0 Å². The van der Waals surface area contributed by atoms with Gasteiger partial charge in [-0.25, -0.2) is 0 Å². The number of hydrogen-bond donors (Lipinski definition) is 1. The van der Waals surface area contributed by atoms with E-state index >= 15 is 0 Å². The van der Waals surface area contributed by atoms with Crippen LogP contribution in [0.1, 0.15) is 23.7 Å². The molecular formula is C14H21NOS. The van der Waals surface area contributed by atoms with E-state index in [2.05, 4.69) is 47.4 Å². The quantitative estimate of drug-likeness (QED) is 0.869. The van der Waals surface area contributed by atoms with Crippen molar-refractivity contribution in [2.75, 3.05) is 26.8 Å². The smallest absolute Gasteiger partial charge is 0.0476 e. The lowest BCUT2D eigenvalue weighted by atomic mass is 10.1. The summed E-state index contributed by atoms with van der Waals surface area (Å²) in [7, 11) is 2.03. The van der Waals surface area contributed by atoms with Crippen molar-refractivity contribution in [3.63, 3.8) is 0 Å². The maximum Gasteiger partial charge on any atom is 0.0476 e. The average Bonchev–Trinajstić information content (AvgIpc) is 2.40. The highest BCUT2D eigenvalue weighted by molar-refractivity contribution is 8.00. The van der Waals surface area contributed by atoms with Crippen LogP contribution in [0.25, 0.3) is 0 Å². The van der Waals surface area contributed by atoms with Crippen molar-refractivity contribution in [1.29, 1.82) is 0 Å². The molecule has 1 N–H and O–H groups in total. The Morgan fingerprint density at radius 1 is 1.29 bits per heavy atom. The van der Waals surface area contributed by atoms with Gasteiger partial charge in [-0.2, -0.15) is 0 Å². The number of thioether (sulfide) groups is 1. The Morgan fingerprint density at radius 2 is 2.00 bits per heavy atom. The highest BCUT2D eigenvalue weighted by atomic mass is 32.2. The Labute approximate surface area is 108 Å². The SMILES string of the molecule is CNCC(SC1CCOCC1)c1ccccc1. The van der Waals surface area contributed by atoms with Crippen molar-refractivity contribution in [2.45, 2.75) is 23.3 Å². The zero-order valence-electron chi connectivity index (χ0n) is 10.4. The highest BCUT2D eigenvalue weighted by Crippen LogP contribution is 2.35. The molecule has 0 aliphatic carbocycles. The Kier molecular flexibility index (Phi) is 5.36. The largest absolute Gasteiger partial charge is 0.381 e. The first-order chi connectivity index (χ1) is 8.40. The lowest BCUT2D eigenvalue weighted by Gasteiger charge is -2.26. The summed E-state index contributed by atoms with van der Waals surface area (Å²) in [5.41, 5.74) is 1.43. The highest BCUT2D eigenvalue weighted by Gasteiger charge is 2.20. The molecule has 1 fully saturated rings. The van der Waals surface area contributed by atoms with Crippen LogP contribution in [0.15, 0.2) is 30.3 Å². The average molecular weight is 251 g/mol. The number of benzene rings is 1. The lowest BCUT2D eigenvalue weighted by Crippen LogP contribution is -2.22. The zero-order valence-corrected chi connectivity index (χ0v) is 11.2. The molecule has 1 unspecified atom stereocenters. The van der Waals surface area contributed by atoms with Gasteiger partial charge in [0.2, 0.25) is 0 Å². The van der Waals surface area contributed by atoms with E-state index in [1.807, 2.05) is 7.05 Å². The van der Waals surface area contributed by atoms with Crippen LogP contribution in [0.5, 0.6) is 0 Å². The third-order valence-electron chi connectivity index (χ3n) is 3.09. The molecule has 1 aliphatic rings. The predicted molar refractivity (Wildman–Crippen MR) is 74.5 cm³/mol. The van der Waals surface area contributed by atoms with Crippen LogP contribution in [-0.4, -0.2) is 32.1 Å². The minimum absolute atomic E-state index is 0.560. The van der Waals surface area contributed by atoms with Gasteiger partial charge in [-0.3, -0.25) is 0 Å². The van der Waals surface area contributed by atoms with Crippen LogP contribution >= 0.6 is 11.8 Å². The molecule has 0 radical (unpaired) electrons. The molecule has 0 aromatic heterocycles. The van der Waals surface area contributed by atoms with E-state index in [1.165, 1.54) is 18.4 Å². The molecule has 1 saturated heterocycles. The molecule has 0 spiro atoms. The third kappa shape index (κ3) is 4.02. The van der Waals surface area contributed by atoms with Crippen LogP contribution in [0.2, 0.25) is 0 Å². The second-order valence-electron chi connectivity index (χ2n) is 4.40. The van der Waals surface area contributed by atoms with E-state index in [1.54, 1.807) is 0 Å². The first-order valence-electron chi connectivity index (χ1n) is 6.33. The number of nitrogens with one attached hydrogen (secondary N) is 1. The fourth-order valence-electron chi connectivity index (χ4n) is 2.14. The second-order valence-corrected chi connectivity index (χ2v) is 5.91. The van der Waals surface area contributed by atoms with Gasteiger partial charge in [0.25, 0.3) is 0 Å². The molecule has 1 aromatic carbocycles. The summed E-state index contributed by atoms with van der Waals surface area (Å²) in [5, 5.41) is 4.62. The zero-order chi connectivity index (χ0) is 11.9. The van der Waals surface area contributed by atoms with Crippen molar-refractivity contribution in [3.05, 3.63) is 35.9 Å². The Hall–Kier alpha value is -0.510. The molecule has 2 rings (SSSR count). The maximum absolute atomic E-state index is 5.42. The molecule has 3 heteroatoms. The minimum Gasteiger partial charge on any atom is -0.381 e. The van der Waals surface area contributed by atoms with Crippen LogP contribution in [0.3, 0.4) is 0 Å². The van der Waals surface area contributed by atoms with Crippen LogP contribution in [-0.2, 0) is 4.74 Å². The van der Waals surface area contributed by atoms with E-state index < -0.39 is 0 Å². The minimum atomic E-state index is 0.560. The molecule has 17 heavy (non-hydrogen) atoms. The Bertz CT molecular complexity index is 311. The van der Waals surface area contributed by atoms with Gasteiger partial charge in [-0.05, 0) is 25.5 Å². The van der Waals surface area contributed by atoms with Crippen molar-refractivity contribution >= 4 is 11.8 Å². The molecule has 1 atom stereocenters. The first kappa shape index (κ1) is 12.9. The standard InChI is InChI=1S/C14H21NOS/c1-15-11-14(12-5-3-2-4-6-12)17-13-7-9-16-10-8-13/h2-6,13-15H,7-11H2,1H3. The molecule has 1 aliphatic heterocycles. The molecule has 2 nitrogen and oxygen atoms in total. The number of likely N-dealkylation sites (N-methyl/N-ethyl adjacent to an activating group) is 1. The van der Waals surface area contributed by atoms with Gasteiger partial charge in [-0.15, -0.1) is 11.8 Å². The topological polar surface area (TPSA) is 21.3 Å². The normalized spacial score (nSPS) is 19.1. The van der Waals surface area contributed by atoms with Gasteiger partial charge < -0.3 is 10.1 Å². The fraction of sp³-hybridized carbons (Fsp3) is 0.571. The van der Waals surface area contributed by atoms with Crippen molar-refractivity contribution in [1.82, 2.24) is 5.32 Å².